The predicted molar refractivity (Wildman–Crippen MR) is 134 cm³/mol. The molecule has 1 fully saturated rings. The quantitative estimate of drug-likeness (QED) is 0.348. The third kappa shape index (κ3) is 5.76. The summed E-state index contributed by atoms with van der Waals surface area (Å²) in [7, 11) is 1.52. The van der Waals surface area contributed by atoms with Crippen molar-refractivity contribution >= 4 is 62.1 Å². The first-order chi connectivity index (χ1) is 15.9. The second-order valence-electron chi connectivity index (χ2n) is 6.87. The molecule has 0 unspecified atom stereocenters. The molecule has 0 bridgehead atoms. The van der Waals surface area contributed by atoms with Gasteiger partial charge in [0.15, 0.2) is 16.7 Å². The number of nitrogens with one attached hydrogen (secondary N) is 1. The molecule has 1 aliphatic rings. The Morgan fingerprint density at radius 1 is 1.18 bits per heavy atom. The number of amidine groups is 1. The van der Waals surface area contributed by atoms with Gasteiger partial charge in [-0.05, 0) is 81.8 Å². The molecule has 0 aliphatic carbocycles. The van der Waals surface area contributed by atoms with Gasteiger partial charge in [-0.3, -0.25) is 4.79 Å². The average Bonchev–Trinajstić information content (AvgIpc) is 3.13. The first kappa shape index (κ1) is 23.4. The zero-order valence-electron chi connectivity index (χ0n) is 17.3. The molecule has 0 atom stereocenters. The number of methoxy groups -OCH3 is 1. The first-order valence-electron chi connectivity index (χ1n) is 9.72. The number of rotatable bonds is 6. The van der Waals surface area contributed by atoms with Crippen LogP contribution in [0.4, 0.5) is 10.1 Å². The summed E-state index contributed by atoms with van der Waals surface area (Å²) >= 11 is 10.6. The Labute approximate surface area is 207 Å². The molecule has 33 heavy (non-hydrogen) atoms. The minimum Gasteiger partial charge on any atom is -0.493 e. The maximum Gasteiger partial charge on any atom is 0.264 e. The molecule has 1 amide bonds. The van der Waals surface area contributed by atoms with E-state index in [0.717, 1.165) is 5.56 Å². The molecule has 3 aromatic rings. The first-order valence-corrected chi connectivity index (χ1v) is 11.7. The summed E-state index contributed by atoms with van der Waals surface area (Å²) in [5, 5.41) is 3.85. The summed E-state index contributed by atoms with van der Waals surface area (Å²) in [5.41, 5.74) is 1.84. The van der Waals surface area contributed by atoms with E-state index in [1.165, 1.54) is 24.9 Å². The van der Waals surface area contributed by atoms with Gasteiger partial charge in [0.25, 0.3) is 5.91 Å². The fourth-order valence-electron chi connectivity index (χ4n) is 2.99. The number of carbonyl (C=O) groups is 1. The van der Waals surface area contributed by atoms with Crippen LogP contribution in [0.2, 0.25) is 5.02 Å². The summed E-state index contributed by atoms with van der Waals surface area (Å²) in [6.07, 6.45) is 1.73. The molecule has 0 radical (unpaired) electrons. The van der Waals surface area contributed by atoms with E-state index >= 15 is 0 Å². The van der Waals surface area contributed by atoms with Crippen molar-refractivity contribution in [2.75, 3.05) is 7.11 Å². The third-order valence-electron chi connectivity index (χ3n) is 4.59. The maximum absolute atomic E-state index is 13.9. The van der Waals surface area contributed by atoms with E-state index in [2.05, 4.69) is 26.2 Å². The molecule has 5 nitrogen and oxygen atoms in total. The Hall–Kier alpha value is -2.81. The number of carbonyl (C=O) groups excluding carboxylic acids is 1. The zero-order chi connectivity index (χ0) is 23.4. The lowest BCUT2D eigenvalue weighted by Gasteiger charge is -2.14. The van der Waals surface area contributed by atoms with E-state index in [1.54, 1.807) is 60.7 Å². The average molecular weight is 548 g/mol. The lowest BCUT2D eigenvalue weighted by molar-refractivity contribution is -0.115. The summed E-state index contributed by atoms with van der Waals surface area (Å²) in [6, 6.07) is 17.0. The van der Waals surface area contributed by atoms with Crippen LogP contribution in [-0.2, 0) is 11.4 Å². The van der Waals surface area contributed by atoms with Crippen LogP contribution < -0.4 is 14.8 Å². The summed E-state index contributed by atoms with van der Waals surface area (Å²) in [6.45, 7) is 0.0465. The summed E-state index contributed by atoms with van der Waals surface area (Å²) < 4.78 is 25.8. The molecule has 0 spiro atoms. The fourth-order valence-corrected chi connectivity index (χ4v) is 4.54. The van der Waals surface area contributed by atoms with Gasteiger partial charge in [0, 0.05) is 10.6 Å². The number of nitrogens with zero attached hydrogens (tertiary/aromatic N) is 1. The Bertz CT molecular complexity index is 1270. The van der Waals surface area contributed by atoms with Crippen LogP contribution in [0.5, 0.6) is 11.5 Å². The molecular formula is C24H17BrClFN2O3S. The molecule has 9 heteroatoms. The number of amides is 1. The van der Waals surface area contributed by atoms with Crippen LogP contribution in [0.1, 0.15) is 11.1 Å². The van der Waals surface area contributed by atoms with Gasteiger partial charge in [-0.15, -0.1) is 0 Å². The highest BCUT2D eigenvalue weighted by molar-refractivity contribution is 9.10. The number of halogens is 3. The van der Waals surface area contributed by atoms with E-state index in [9.17, 15) is 9.18 Å². The Morgan fingerprint density at radius 2 is 1.94 bits per heavy atom. The smallest absolute Gasteiger partial charge is 0.264 e. The SMILES string of the molecule is COc1cc(/C=C2\SC(=Nc3ccc(Cl)cc3)NC2=O)cc(Br)c1OCc1ccccc1F. The molecule has 0 aromatic heterocycles. The minimum absolute atomic E-state index is 0.0465. The number of hydrogen-bond acceptors (Lipinski definition) is 5. The lowest BCUT2D eigenvalue weighted by Crippen LogP contribution is -2.19. The van der Waals surface area contributed by atoms with Crippen LogP contribution in [-0.4, -0.2) is 18.2 Å². The number of hydrogen-bond donors (Lipinski definition) is 1. The standard InChI is InChI=1S/C24H17BrClFN2O3S/c1-31-20-11-14(10-18(25)22(20)32-13-15-4-2-3-5-19(15)27)12-21-23(30)29-24(33-21)28-17-8-6-16(26)7-9-17/h2-12H,13H2,1H3,(H,28,29,30)/b21-12-. The maximum atomic E-state index is 13.9. The van der Waals surface area contributed by atoms with Gasteiger partial charge in [0.1, 0.15) is 12.4 Å². The van der Waals surface area contributed by atoms with Crippen molar-refractivity contribution in [2.24, 2.45) is 4.99 Å². The summed E-state index contributed by atoms with van der Waals surface area (Å²) in [4.78, 5) is 17.3. The zero-order valence-corrected chi connectivity index (χ0v) is 20.4. The van der Waals surface area contributed by atoms with Gasteiger partial charge in [-0.2, -0.15) is 0 Å². The van der Waals surface area contributed by atoms with E-state index in [1.807, 2.05) is 0 Å². The Kier molecular flexibility index (Phi) is 7.37. The molecule has 1 aliphatic heterocycles. The van der Waals surface area contributed by atoms with E-state index in [4.69, 9.17) is 21.1 Å². The van der Waals surface area contributed by atoms with Crippen molar-refractivity contribution in [3.8, 4) is 11.5 Å². The van der Waals surface area contributed by atoms with Crippen molar-refractivity contribution in [1.82, 2.24) is 5.32 Å². The van der Waals surface area contributed by atoms with Gasteiger partial charge in [0.2, 0.25) is 0 Å². The van der Waals surface area contributed by atoms with Gasteiger partial charge < -0.3 is 14.8 Å². The van der Waals surface area contributed by atoms with Crippen molar-refractivity contribution in [3.63, 3.8) is 0 Å². The minimum atomic E-state index is -0.339. The summed E-state index contributed by atoms with van der Waals surface area (Å²) in [5.74, 6) is 0.305. The number of aliphatic imine (C=N–C) groups is 1. The van der Waals surface area contributed by atoms with Crippen molar-refractivity contribution in [2.45, 2.75) is 6.61 Å². The number of ether oxygens (including phenoxy) is 2. The van der Waals surface area contributed by atoms with Gasteiger partial charge in [0.05, 0.1) is 22.2 Å². The van der Waals surface area contributed by atoms with E-state index < -0.39 is 0 Å². The van der Waals surface area contributed by atoms with Crippen molar-refractivity contribution in [1.29, 1.82) is 0 Å². The molecular weight excluding hydrogens is 531 g/mol. The molecule has 1 N–H and O–H groups in total. The topological polar surface area (TPSA) is 59.9 Å². The molecule has 3 aromatic carbocycles. The van der Waals surface area contributed by atoms with E-state index in [0.29, 0.717) is 42.3 Å². The fraction of sp³-hybridized carbons (Fsp3) is 0.0833. The largest absolute Gasteiger partial charge is 0.493 e. The highest BCUT2D eigenvalue weighted by Crippen LogP contribution is 2.39. The number of thioether (sulfide) groups is 1. The molecule has 1 heterocycles. The Balaban J connectivity index is 1.54. The van der Waals surface area contributed by atoms with Gasteiger partial charge >= 0.3 is 0 Å². The van der Waals surface area contributed by atoms with Gasteiger partial charge in [-0.1, -0.05) is 29.8 Å². The van der Waals surface area contributed by atoms with Gasteiger partial charge in [-0.25, -0.2) is 9.38 Å². The lowest BCUT2D eigenvalue weighted by atomic mass is 10.1. The van der Waals surface area contributed by atoms with Crippen LogP contribution in [0.15, 0.2) is 75.0 Å². The second kappa shape index (κ2) is 10.4. The normalized spacial score (nSPS) is 15.7. The van der Waals surface area contributed by atoms with Crippen LogP contribution in [0, 0.1) is 5.82 Å². The monoisotopic (exact) mass is 546 g/mol. The second-order valence-corrected chi connectivity index (χ2v) is 9.19. The van der Waals surface area contributed by atoms with E-state index in [-0.39, 0.29) is 18.3 Å². The van der Waals surface area contributed by atoms with Crippen molar-refractivity contribution in [3.05, 3.63) is 92.0 Å². The molecule has 168 valence electrons. The third-order valence-corrected chi connectivity index (χ3v) is 6.34. The Morgan fingerprint density at radius 3 is 2.67 bits per heavy atom. The van der Waals surface area contributed by atoms with Crippen molar-refractivity contribution < 1.29 is 18.7 Å². The predicted octanol–water partition coefficient (Wildman–Crippen LogP) is 6.72. The highest BCUT2D eigenvalue weighted by atomic mass is 79.9. The molecule has 0 saturated carbocycles. The van der Waals surface area contributed by atoms with Crippen LogP contribution >= 0.6 is 39.3 Å². The highest BCUT2D eigenvalue weighted by Gasteiger charge is 2.24. The van der Waals surface area contributed by atoms with Crippen LogP contribution in [0.3, 0.4) is 0 Å². The molecule has 1 saturated heterocycles. The number of benzene rings is 3. The molecule has 4 rings (SSSR count). The van der Waals surface area contributed by atoms with Crippen LogP contribution in [0.25, 0.3) is 6.08 Å².